The van der Waals surface area contributed by atoms with Gasteiger partial charge in [-0.05, 0) is 24.1 Å². The lowest BCUT2D eigenvalue weighted by molar-refractivity contribution is -0.130. The Balaban J connectivity index is 1.81. The van der Waals surface area contributed by atoms with E-state index in [1.807, 2.05) is 5.92 Å². The number of terminal acetylenes is 1. The van der Waals surface area contributed by atoms with Crippen LogP contribution in [-0.4, -0.2) is 36.3 Å². The van der Waals surface area contributed by atoms with E-state index < -0.39 is 17.5 Å². The summed E-state index contributed by atoms with van der Waals surface area (Å²) in [5.74, 6) is -0.769. The molecule has 1 aromatic carbocycles. The van der Waals surface area contributed by atoms with Crippen LogP contribution < -0.4 is 5.32 Å². The normalized spacial score (nSPS) is 14.3. The van der Waals surface area contributed by atoms with Crippen LogP contribution in [0.2, 0.25) is 0 Å². The molecular formula is C14H12F2N2O2. The van der Waals surface area contributed by atoms with Crippen molar-refractivity contribution in [2.75, 3.05) is 19.6 Å². The Kier molecular flexibility index (Phi) is 3.99. The fourth-order valence-electron chi connectivity index (χ4n) is 1.93. The summed E-state index contributed by atoms with van der Waals surface area (Å²) in [5.41, 5.74) is 0.0554. The van der Waals surface area contributed by atoms with Crippen molar-refractivity contribution < 1.29 is 18.4 Å². The molecule has 1 N–H and O–H groups in total. The number of benzene rings is 1. The molecule has 1 fully saturated rings. The van der Waals surface area contributed by atoms with E-state index in [9.17, 15) is 18.4 Å². The smallest absolute Gasteiger partial charge is 0.298 e. The van der Waals surface area contributed by atoms with Gasteiger partial charge in [-0.15, -0.1) is 6.42 Å². The Morgan fingerprint density at radius 1 is 1.35 bits per heavy atom. The summed E-state index contributed by atoms with van der Waals surface area (Å²) >= 11 is 0. The lowest BCUT2D eigenvalue weighted by Gasteiger charge is -2.37. The van der Waals surface area contributed by atoms with Crippen LogP contribution in [0.4, 0.5) is 8.78 Å². The highest BCUT2D eigenvalue weighted by atomic mass is 19.2. The maximum absolute atomic E-state index is 13.0. The maximum atomic E-state index is 13.0. The predicted molar refractivity (Wildman–Crippen MR) is 67.6 cm³/mol. The number of nitrogens with one attached hydrogen (secondary N) is 1. The molecule has 0 aliphatic carbocycles. The third-order valence-electron chi connectivity index (χ3n) is 3.10. The van der Waals surface area contributed by atoms with Crippen LogP contribution in [0.1, 0.15) is 10.4 Å². The third-order valence-corrected chi connectivity index (χ3v) is 3.10. The summed E-state index contributed by atoms with van der Waals surface area (Å²) in [4.78, 5) is 24.3. The van der Waals surface area contributed by atoms with Gasteiger partial charge in [0.2, 0.25) is 0 Å². The molecule has 0 aromatic heterocycles. The van der Waals surface area contributed by atoms with E-state index in [0.29, 0.717) is 19.6 Å². The summed E-state index contributed by atoms with van der Waals surface area (Å²) in [5, 5.41) is 2.61. The molecule has 1 aliphatic rings. The lowest BCUT2D eigenvalue weighted by Crippen LogP contribution is -2.53. The molecule has 0 unspecified atom stereocenters. The molecule has 1 saturated heterocycles. The van der Waals surface area contributed by atoms with E-state index in [-0.39, 0.29) is 17.4 Å². The first kappa shape index (κ1) is 14.0. The summed E-state index contributed by atoms with van der Waals surface area (Å²) in [6, 6.07) is 2.96. The van der Waals surface area contributed by atoms with Gasteiger partial charge in [0, 0.05) is 31.1 Å². The lowest BCUT2D eigenvalue weighted by atomic mass is 10.00. The molecule has 0 saturated carbocycles. The molecular weight excluding hydrogens is 266 g/mol. The zero-order valence-corrected chi connectivity index (χ0v) is 10.5. The highest BCUT2D eigenvalue weighted by Crippen LogP contribution is 2.14. The average molecular weight is 278 g/mol. The van der Waals surface area contributed by atoms with Gasteiger partial charge in [-0.2, -0.15) is 0 Å². The highest BCUT2D eigenvalue weighted by Gasteiger charge is 2.29. The second kappa shape index (κ2) is 5.70. The molecule has 6 heteroatoms. The van der Waals surface area contributed by atoms with E-state index >= 15 is 0 Å². The molecule has 104 valence electrons. The highest BCUT2D eigenvalue weighted by molar-refractivity contribution is 5.94. The standard InChI is InChI=1S/C14H12F2N2O2/c1-2-13(19)18-7-9(8-18)6-17-14(20)10-3-4-11(15)12(16)5-10/h1,3-5,9H,6-8H2,(H,17,20). The number of amides is 2. The first-order chi connectivity index (χ1) is 9.51. The number of rotatable bonds is 3. The Morgan fingerprint density at radius 2 is 2.05 bits per heavy atom. The predicted octanol–water partition coefficient (Wildman–Crippen LogP) is 0.786. The molecule has 20 heavy (non-hydrogen) atoms. The molecule has 2 rings (SSSR count). The van der Waals surface area contributed by atoms with Crippen LogP contribution in [0, 0.1) is 29.9 Å². The van der Waals surface area contributed by atoms with Crippen LogP contribution in [0.3, 0.4) is 0 Å². The van der Waals surface area contributed by atoms with Crippen LogP contribution in [0.5, 0.6) is 0 Å². The van der Waals surface area contributed by atoms with E-state index in [0.717, 1.165) is 12.1 Å². The van der Waals surface area contributed by atoms with Crippen molar-refractivity contribution in [1.82, 2.24) is 10.2 Å². The SMILES string of the molecule is C#CC(=O)N1CC(CNC(=O)c2ccc(F)c(F)c2)C1. The van der Waals surface area contributed by atoms with Gasteiger partial charge in [-0.25, -0.2) is 8.78 Å². The number of halogens is 2. The number of hydrogen-bond donors (Lipinski definition) is 1. The molecule has 4 nitrogen and oxygen atoms in total. The molecule has 0 bridgehead atoms. The van der Waals surface area contributed by atoms with Gasteiger partial charge in [0.1, 0.15) is 0 Å². The van der Waals surface area contributed by atoms with Crippen LogP contribution in [-0.2, 0) is 4.79 Å². The Labute approximate surface area is 114 Å². The Bertz CT molecular complexity index is 589. The van der Waals surface area contributed by atoms with Gasteiger partial charge in [0.25, 0.3) is 11.8 Å². The van der Waals surface area contributed by atoms with Gasteiger partial charge < -0.3 is 10.2 Å². The molecule has 0 spiro atoms. The van der Waals surface area contributed by atoms with Crippen molar-refractivity contribution in [3.8, 4) is 12.3 Å². The van der Waals surface area contributed by atoms with E-state index in [2.05, 4.69) is 5.32 Å². The van der Waals surface area contributed by atoms with Gasteiger partial charge in [0.05, 0.1) is 0 Å². The molecule has 0 atom stereocenters. The van der Waals surface area contributed by atoms with Crippen molar-refractivity contribution in [1.29, 1.82) is 0 Å². The maximum Gasteiger partial charge on any atom is 0.298 e. The first-order valence-electron chi connectivity index (χ1n) is 6.00. The minimum absolute atomic E-state index is 0.0554. The third kappa shape index (κ3) is 2.94. The Morgan fingerprint density at radius 3 is 2.65 bits per heavy atom. The van der Waals surface area contributed by atoms with Crippen LogP contribution in [0.15, 0.2) is 18.2 Å². The summed E-state index contributed by atoms with van der Waals surface area (Å²) in [6.07, 6.45) is 4.98. The van der Waals surface area contributed by atoms with E-state index in [1.54, 1.807) is 0 Å². The Hall–Kier alpha value is -2.42. The number of carbonyl (C=O) groups is 2. The monoisotopic (exact) mass is 278 g/mol. The molecule has 1 aliphatic heterocycles. The largest absolute Gasteiger partial charge is 0.352 e. The summed E-state index contributed by atoms with van der Waals surface area (Å²) < 4.78 is 25.7. The fraction of sp³-hybridized carbons (Fsp3) is 0.286. The number of carbonyl (C=O) groups excluding carboxylic acids is 2. The molecule has 2 amide bonds. The second-order valence-electron chi connectivity index (χ2n) is 4.56. The number of hydrogen-bond acceptors (Lipinski definition) is 2. The van der Waals surface area contributed by atoms with Crippen molar-refractivity contribution in [2.24, 2.45) is 5.92 Å². The number of nitrogens with zero attached hydrogens (tertiary/aromatic N) is 1. The van der Waals surface area contributed by atoms with Crippen molar-refractivity contribution >= 4 is 11.8 Å². The van der Waals surface area contributed by atoms with Crippen molar-refractivity contribution in [2.45, 2.75) is 0 Å². The van der Waals surface area contributed by atoms with Gasteiger partial charge in [0.15, 0.2) is 11.6 Å². The summed E-state index contributed by atoms with van der Waals surface area (Å²) in [7, 11) is 0. The minimum atomic E-state index is -1.06. The van der Waals surface area contributed by atoms with Crippen molar-refractivity contribution in [3.05, 3.63) is 35.4 Å². The number of likely N-dealkylation sites (tertiary alicyclic amines) is 1. The quantitative estimate of drug-likeness (QED) is 0.831. The van der Waals surface area contributed by atoms with Gasteiger partial charge in [-0.1, -0.05) is 0 Å². The van der Waals surface area contributed by atoms with Crippen LogP contribution in [0.25, 0.3) is 0 Å². The first-order valence-corrected chi connectivity index (χ1v) is 6.00. The molecule has 0 radical (unpaired) electrons. The van der Waals surface area contributed by atoms with E-state index in [4.69, 9.17) is 6.42 Å². The summed E-state index contributed by atoms with van der Waals surface area (Å²) in [6.45, 7) is 1.33. The zero-order chi connectivity index (χ0) is 14.7. The molecule has 1 aromatic rings. The molecule has 1 heterocycles. The van der Waals surface area contributed by atoms with E-state index in [1.165, 1.54) is 11.0 Å². The minimum Gasteiger partial charge on any atom is -0.352 e. The van der Waals surface area contributed by atoms with Crippen LogP contribution >= 0.6 is 0 Å². The van der Waals surface area contributed by atoms with Crippen molar-refractivity contribution in [3.63, 3.8) is 0 Å². The second-order valence-corrected chi connectivity index (χ2v) is 4.56. The topological polar surface area (TPSA) is 49.4 Å². The average Bonchev–Trinajstić information content (AvgIpc) is 2.39. The fourth-order valence-corrected chi connectivity index (χ4v) is 1.93. The van der Waals surface area contributed by atoms with Gasteiger partial charge >= 0.3 is 0 Å². The zero-order valence-electron chi connectivity index (χ0n) is 10.5. The van der Waals surface area contributed by atoms with Gasteiger partial charge in [-0.3, -0.25) is 9.59 Å².